The Bertz CT molecular complexity index is 1140. The molecule has 2 heterocycles. The van der Waals surface area contributed by atoms with Gasteiger partial charge in [-0.1, -0.05) is 17.7 Å². The Labute approximate surface area is 183 Å². The second-order valence-electron chi connectivity index (χ2n) is 8.38. The van der Waals surface area contributed by atoms with Crippen LogP contribution in [-0.2, 0) is 23.2 Å². The van der Waals surface area contributed by atoms with Crippen LogP contribution in [0.15, 0.2) is 59.8 Å². The molecule has 0 aliphatic carbocycles. The zero-order valence-corrected chi connectivity index (χ0v) is 19.0. The molecule has 31 heavy (non-hydrogen) atoms. The lowest BCUT2D eigenvalue weighted by molar-refractivity contribution is 0.304. The van der Waals surface area contributed by atoms with Gasteiger partial charge in [-0.3, -0.25) is 9.97 Å². The Hall–Kier alpha value is -2.81. The Morgan fingerprint density at radius 1 is 1.03 bits per heavy atom. The second kappa shape index (κ2) is 9.13. The molecule has 0 aliphatic rings. The first-order valence-electron chi connectivity index (χ1n) is 9.95. The van der Waals surface area contributed by atoms with Crippen molar-refractivity contribution in [3.63, 3.8) is 0 Å². The van der Waals surface area contributed by atoms with E-state index >= 15 is 0 Å². The van der Waals surface area contributed by atoms with Crippen molar-refractivity contribution in [1.82, 2.24) is 14.7 Å². The predicted molar refractivity (Wildman–Crippen MR) is 121 cm³/mol. The van der Waals surface area contributed by atoms with Gasteiger partial charge in [-0.2, -0.15) is 0 Å². The normalized spacial score (nSPS) is 12.0. The Balaban J connectivity index is 1.82. The SMILES string of the molecule is Cc1ccc(S(=O)(=O)NC(C)(C)C)c(-c2ccc(COc3ccc(CN)nc3)cn2)c1. The van der Waals surface area contributed by atoms with Gasteiger partial charge >= 0.3 is 0 Å². The van der Waals surface area contributed by atoms with Crippen molar-refractivity contribution >= 4 is 10.0 Å². The molecule has 8 heteroatoms. The topological polar surface area (TPSA) is 107 Å². The van der Waals surface area contributed by atoms with Crippen LogP contribution in [0.1, 0.15) is 37.6 Å². The van der Waals surface area contributed by atoms with E-state index in [0.29, 0.717) is 30.2 Å². The van der Waals surface area contributed by atoms with Gasteiger partial charge in [0.05, 0.1) is 22.5 Å². The number of sulfonamides is 1. The summed E-state index contributed by atoms with van der Waals surface area (Å²) in [6, 6.07) is 12.6. The fourth-order valence-corrected chi connectivity index (χ4v) is 4.61. The molecule has 0 bridgehead atoms. The minimum atomic E-state index is -3.71. The molecule has 0 saturated heterocycles. The third-order valence-corrected chi connectivity index (χ3v) is 6.19. The third-order valence-electron chi connectivity index (χ3n) is 4.38. The molecule has 0 aliphatic heterocycles. The first kappa shape index (κ1) is 22.9. The van der Waals surface area contributed by atoms with Crippen molar-refractivity contribution in [2.45, 2.75) is 51.3 Å². The van der Waals surface area contributed by atoms with E-state index in [2.05, 4.69) is 14.7 Å². The molecule has 0 amide bonds. The van der Waals surface area contributed by atoms with Crippen molar-refractivity contribution in [2.75, 3.05) is 0 Å². The van der Waals surface area contributed by atoms with Gasteiger partial charge in [-0.05, 0) is 58.0 Å². The van der Waals surface area contributed by atoms with E-state index in [1.807, 2.05) is 52.0 Å². The van der Waals surface area contributed by atoms with Crippen molar-refractivity contribution in [3.8, 4) is 17.0 Å². The van der Waals surface area contributed by atoms with Crippen LogP contribution in [0.3, 0.4) is 0 Å². The maximum absolute atomic E-state index is 13.0. The highest BCUT2D eigenvalue weighted by Gasteiger charge is 2.25. The smallest absolute Gasteiger partial charge is 0.241 e. The second-order valence-corrected chi connectivity index (χ2v) is 10.0. The first-order chi connectivity index (χ1) is 14.6. The molecular formula is C23H28N4O3S. The minimum Gasteiger partial charge on any atom is -0.487 e. The molecule has 1 aromatic carbocycles. The molecule has 0 saturated carbocycles. The molecule has 3 rings (SSSR count). The molecule has 0 fully saturated rings. The summed E-state index contributed by atoms with van der Waals surface area (Å²) < 4.78 is 34.4. The van der Waals surface area contributed by atoms with E-state index in [4.69, 9.17) is 10.5 Å². The van der Waals surface area contributed by atoms with Crippen LogP contribution in [-0.4, -0.2) is 23.9 Å². The van der Waals surface area contributed by atoms with Crippen LogP contribution in [0.25, 0.3) is 11.3 Å². The Morgan fingerprint density at radius 3 is 2.39 bits per heavy atom. The number of aromatic nitrogens is 2. The monoisotopic (exact) mass is 440 g/mol. The molecule has 3 N–H and O–H groups in total. The average Bonchev–Trinajstić information content (AvgIpc) is 2.71. The van der Waals surface area contributed by atoms with Crippen LogP contribution in [0.2, 0.25) is 0 Å². The maximum atomic E-state index is 13.0. The van der Waals surface area contributed by atoms with Crippen LogP contribution >= 0.6 is 0 Å². The van der Waals surface area contributed by atoms with Gasteiger partial charge < -0.3 is 10.5 Å². The number of pyridine rings is 2. The molecule has 3 aromatic rings. The molecule has 7 nitrogen and oxygen atoms in total. The molecule has 2 aromatic heterocycles. The van der Waals surface area contributed by atoms with E-state index in [1.165, 1.54) is 0 Å². The number of benzene rings is 1. The number of rotatable bonds is 7. The van der Waals surface area contributed by atoms with Gasteiger partial charge in [0.2, 0.25) is 10.0 Å². The van der Waals surface area contributed by atoms with E-state index in [0.717, 1.165) is 16.8 Å². The highest BCUT2D eigenvalue weighted by molar-refractivity contribution is 7.89. The molecule has 0 atom stereocenters. The first-order valence-corrected chi connectivity index (χ1v) is 11.4. The van der Waals surface area contributed by atoms with Gasteiger partial charge in [0.25, 0.3) is 0 Å². The van der Waals surface area contributed by atoms with Gasteiger partial charge in [0.1, 0.15) is 12.4 Å². The molecule has 0 unspecified atom stereocenters. The van der Waals surface area contributed by atoms with Crippen molar-refractivity contribution < 1.29 is 13.2 Å². The zero-order chi connectivity index (χ0) is 22.6. The fraction of sp³-hybridized carbons (Fsp3) is 0.304. The molecule has 164 valence electrons. The number of aryl methyl sites for hydroxylation is 1. The number of nitrogens with one attached hydrogen (secondary N) is 1. The summed E-state index contributed by atoms with van der Waals surface area (Å²) in [6.45, 7) is 8.05. The zero-order valence-electron chi connectivity index (χ0n) is 18.2. The predicted octanol–water partition coefficient (Wildman–Crippen LogP) is 3.57. The van der Waals surface area contributed by atoms with Crippen LogP contribution in [0.5, 0.6) is 5.75 Å². The fourth-order valence-electron chi connectivity index (χ4n) is 2.99. The summed E-state index contributed by atoms with van der Waals surface area (Å²) in [5, 5.41) is 0. The summed E-state index contributed by atoms with van der Waals surface area (Å²) >= 11 is 0. The van der Waals surface area contributed by atoms with Gasteiger partial charge in [0.15, 0.2) is 0 Å². The average molecular weight is 441 g/mol. The van der Waals surface area contributed by atoms with E-state index in [-0.39, 0.29) is 4.90 Å². The molecule has 0 radical (unpaired) electrons. The van der Waals surface area contributed by atoms with E-state index in [9.17, 15) is 8.42 Å². The van der Waals surface area contributed by atoms with E-state index in [1.54, 1.807) is 30.6 Å². The maximum Gasteiger partial charge on any atom is 0.241 e. The third kappa shape index (κ3) is 6.10. The van der Waals surface area contributed by atoms with Crippen LogP contribution in [0.4, 0.5) is 0 Å². The number of ether oxygens (including phenoxy) is 1. The lowest BCUT2D eigenvalue weighted by atomic mass is 10.1. The summed E-state index contributed by atoms with van der Waals surface area (Å²) in [7, 11) is -3.71. The number of nitrogens with two attached hydrogens (primary N) is 1. The summed E-state index contributed by atoms with van der Waals surface area (Å²) in [6.07, 6.45) is 3.32. The minimum absolute atomic E-state index is 0.204. The quantitative estimate of drug-likeness (QED) is 0.582. The van der Waals surface area contributed by atoms with Crippen molar-refractivity contribution in [3.05, 3.63) is 71.7 Å². The van der Waals surface area contributed by atoms with Crippen LogP contribution < -0.4 is 15.2 Å². The largest absolute Gasteiger partial charge is 0.487 e. The summed E-state index contributed by atoms with van der Waals surface area (Å²) in [5.74, 6) is 0.640. The van der Waals surface area contributed by atoms with Gasteiger partial charge in [-0.25, -0.2) is 13.1 Å². The lowest BCUT2D eigenvalue weighted by Gasteiger charge is -2.21. The highest BCUT2D eigenvalue weighted by Crippen LogP contribution is 2.28. The van der Waals surface area contributed by atoms with Crippen LogP contribution in [0, 0.1) is 6.92 Å². The standard InChI is InChI=1S/C23H28N4O3S/c1-16-5-10-22(31(28,29)27-23(2,3)4)20(11-16)21-9-6-17(13-26-21)15-30-19-8-7-18(12-24)25-14-19/h5-11,13-14,27H,12,15,24H2,1-4H3. The van der Waals surface area contributed by atoms with Gasteiger partial charge in [-0.15, -0.1) is 0 Å². The van der Waals surface area contributed by atoms with Crippen molar-refractivity contribution in [1.29, 1.82) is 0 Å². The number of hydrogen-bond donors (Lipinski definition) is 2. The molecule has 0 spiro atoms. The summed E-state index contributed by atoms with van der Waals surface area (Å²) in [4.78, 5) is 8.90. The lowest BCUT2D eigenvalue weighted by Crippen LogP contribution is -2.40. The summed E-state index contributed by atoms with van der Waals surface area (Å²) in [5.41, 5.74) is 8.70. The van der Waals surface area contributed by atoms with Gasteiger partial charge in [0, 0.05) is 29.4 Å². The highest BCUT2D eigenvalue weighted by atomic mass is 32.2. The molecular weight excluding hydrogens is 412 g/mol. The number of nitrogens with zero attached hydrogens (tertiary/aromatic N) is 2. The Morgan fingerprint density at radius 2 is 1.81 bits per heavy atom. The van der Waals surface area contributed by atoms with E-state index < -0.39 is 15.6 Å². The Kier molecular flexibility index (Phi) is 6.74. The number of hydrogen-bond acceptors (Lipinski definition) is 6. The van der Waals surface area contributed by atoms with Crippen molar-refractivity contribution in [2.24, 2.45) is 5.73 Å².